The molecule has 0 aromatic rings. The van der Waals surface area contributed by atoms with Gasteiger partial charge < -0.3 is 4.65 Å². The second kappa shape index (κ2) is 4.38. The van der Waals surface area contributed by atoms with Crippen molar-refractivity contribution < 1.29 is 9.45 Å². The summed E-state index contributed by atoms with van der Waals surface area (Å²) in [6.07, 6.45) is 0. The summed E-state index contributed by atoms with van der Waals surface area (Å²) in [6.45, 7) is 0. The Morgan fingerprint density at radius 1 is 1.88 bits per heavy atom. The van der Waals surface area contributed by atoms with Gasteiger partial charge in [0.05, 0.1) is 0 Å². The fraction of sp³-hybridized carbons (Fsp3) is 0.667. The van der Waals surface area contributed by atoms with Gasteiger partial charge in [-0.2, -0.15) is 0 Å². The van der Waals surface area contributed by atoms with Crippen molar-refractivity contribution in [1.82, 2.24) is 0 Å². The van der Waals surface area contributed by atoms with Crippen LogP contribution in [0.2, 0.25) is 0 Å². The average molecular weight is 242 g/mol. The number of alkyl halides is 2. The first-order valence-corrected chi connectivity index (χ1v) is 3.86. The summed E-state index contributed by atoms with van der Waals surface area (Å²) in [5.41, 5.74) is 0. The monoisotopic (exact) mass is 240 g/mol. The quantitative estimate of drug-likeness (QED) is 0.527. The van der Waals surface area contributed by atoms with E-state index in [-0.39, 0.29) is 4.83 Å². The molecule has 0 fully saturated rings. The Hall–Kier alpha value is 0.495. The molecule has 5 heteroatoms. The maximum absolute atomic E-state index is 10.3. The highest BCUT2D eigenvalue weighted by molar-refractivity contribution is 9.12. The van der Waals surface area contributed by atoms with Crippen LogP contribution in [0.5, 0.6) is 0 Å². The molecule has 0 saturated carbocycles. The highest BCUT2D eigenvalue weighted by atomic mass is 79.9. The number of halogens is 2. The predicted molar refractivity (Wildman–Crippen MR) is 38.4 cm³/mol. The number of carbonyl (C=O) groups is 1. The molecule has 2 radical (unpaired) electrons. The molecule has 0 unspecified atom stereocenters. The molecule has 1 atom stereocenters. The van der Waals surface area contributed by atoms with Crippen LogP contribution in [0.25, 0.3) is 0 Å². The SMILES string of the molecule is [B]OC(=O)[C@@H](Br)CBr. The third-order valence-corrected chi connectivity index (χ3v) is 2.72. The lowest BCUT2D eigenvalue weighted by Gasteiger charge is -2.00. The van der Waals surface area contributed by atoms with Gasteiger partial charge in [-0.05, 0) is 0 Å². The maximum Gasteiger partial charge on any atom is 0.378 e. The van der Waals surface area contributed by atoms with Gasteiger partial charge in [0.15, 0.2) is 0 Å². The second-order valence-electron chi connectivity index (χ2n) is 1.06. The zero-order chi connectivity index (χ0) is 6.57. The largest absolute Gasteiger partial charge is 0.543 e. The molecule has 0 N–H and O–H groups in total. The van der Waals surface area contributed by atoms with Crippen LogP contribution in [0.1, 0.15) is 0 Å². The highest BCUT2D eigenvalue weighted by Crippen LogP contribution is 2.03. The van der Waals surface area contributed by atoms with Gasteiger partial charge in [-0.3, -0.25) is 4.79 Å². The van der Waals surface area contributed by atoms with E-state index in [1.54, 1.807) is 0 Å². The Kier molecular flexibility index (Phi) is 4.65. The second-order valence-corrected chi connectivity index (χ2v) is 2.81. The van der Waals surface area contributed by atoms with Crippen LogP contribution < -0.4 is 0 Å². The third-order valence-electron chi connectivity index (χ3n) is 0.507. The summed E-state index contributed by atoms with van der Waals surface area (Å²) in [4.78, 5) is 9.98. The number of hydrogen-bond acceptors (Lipinski definition) is 2. The van der Waals surface area contributed by atoms with Crippen molar-refractivity contribution in [2.24, 2.45) is 0 Å². The summed E-state index contributed by atoms with van der Waals surface area (Å²) >= 11 is 6.05. The van der Waals surface area contributed by atoms with E-state index < -0.39 is 5.97 Å². The lowest BCUT2D eigenvalue weighted by Crippen LogP contribution is -2.16. The van der Waals surface area contributed by atoms with E-state index in [9.17, 15) is 4.79 Å². The van der Waals surface area contributed by atoms with E-state index in [2.05, 4.69) is 44.6 Å². The van der Waals surface area contributed by atoms with E-state index in [1.165, 1.54) is 0 Å². The van der Waals surface area contributed by atoms with Crippen molar-refractivity contribution in [3.8, 4) is 0 Å². The van der Waals surface area contributed by atoms with Crippen LogP contribution in [-0.2, 0) is 9.45 Å². The molecular weight excluding hydrogens is 239 g/mol. The van der Waals surface area contributed by atoms with E-state index in [1.807, 2.05) is 0 Å². The minimum Gasteiger partial charge on any atom is -0.543 e. The molecule has 44 valence electrons. The van der Waals surface area contributed by atoms with Gasteiger partial charge in [-0.25, -0.2) is 0 Å². The first-order chi connectivity index (χ1) is 3.72. The summed E-state index contributed by atoms with van der Waals surface area (Å²) in [7, 11) is 4.55. The Labute approximate surface area is 65.7 Å². The number of carbonyl (C=O) groups excluding carboxylic acids is 1. The lowest BCUT2D eigenvalue weighted by molar-refractivity contribution is -0.132. The molecule has 8 heavy (non-hydrogen) atoms. The smallest absolute Gasteiger partial charge is 0.378 e. The van der Waals surface area contributed by atoms with Crippen molar-refractivity contribution in [3.05, 3.63) is 0 Å². The molecule has 0 heterocycles. The van der Waals surface area contributed by atoms with Gasteiger partial charge in [0.1, 0.15) is 4.83 Å². The number of rotatable bonds is 2. The average Bonchev–Trinajstić information content (AvgIpc) is 1.84. The number of hydrogen-bond donors (Lipinski definition) is 0. The van der Waals surface area contributed by atoms with E-state index in [0.29, 0.717) is 5.33 Å². The van der Waals surface area contributed by atoms with Gasteiger partial charge in [0.25, 0.3) is 0 Å². The highest BCUT2D eigenvalue weighted by Gasteiger charge is 2.11. The fourth-order valence-electron chi connectivity index (χ4n) is 0.137. The Morgan fingerprint density at radius 2 is 2.38 bits per heavy atom. The molecular formula is C3H3BBr2O2. The minimum absolute atomic E-state index is 0.340. The summed E-state index contributed by atoms with van der Waals surface area (Å²) < 4.78 is 3.89. The molecule has 0 rings (SSSR count). The topological polar surface area (TPSA) is 26.3 Å². The molecule has 0 spiro atoms. The molecule has 2 nitrogen and oxygen atoms in total. The lowest BCUT2D eigenvalue weighted by atomic mass is 10.5. The standard InChI is InChI=1S/C3H3BBr2O2/c4-8-3(7)2(6)1-5/h2H,1H2/t2-/m0/s1. The van der Waals surface area contributed by atoms with Crippen LogP contribution in [0.3, 0.4) is 0 Å². The van der Waals surface area contributed by atoms with Gasteiger partial charge in [0, 0.05) is 5.33 Å². The van der Waals surface area contributed by atoms with Crippen LogP contribution >= 0.6 is 31.9 Å². The van der Waals surface area contributed by atoms with Crippen LogP contribution in [-0.4, -0.2) is 24.2 Å². The van der Waals surface area contributed by atoms with Gasteiger partial charge in [-0.15, -0.1) is 0 Å². The Bertz CT molecular complexity index is 87.4. The summed E-state index contributed by atoms with van der Waals surface area (Å²) in [5, 5.41) is 0.503. The van der Waals surface area contributed by atoms with Gasteiger partial charge in [-0.1, -0.05) is 31.9 Å². The molecule has 0 saturated heterocycles. The maximum atomic E-state index is 10.3. The molecule has 0 aliphatic rings. The zero-order valence-electron chi connectivity index (χ0n) is 3.93. The van der Waals surface area contributed by atoms with E-state index in [0.717, 1.165) is 0 Å². The third kappa shape index (κ3) is 2.72. The van der Waals surface area contributed by atoms with Gasteiger partial charge in [0.2, 0.25) is 0 Å². The molecule has 0 bridgehead atoms. The molecule has 0 aromatic heterocycles. The molecule has 0 aliphatic carbocycles. The zero-order valence-corrected chi connectivity index (χ0v) is 7.11. The van der Waals surface area contributed by atoms with E-state index in [4.69, 9.17) is 0 Å². The Balaban J connectivity index is 3.46. The molecule has 0 aliphatic heterocycles. The minimum atomic E-state index is -0.470. The van der Waals surface area contributed by atoms with Crippen LogP contribution in [0, 0.1) is 0 Å². The van der Waals surface area contributed by atoms with Crippen LogP contribution in [0.15, 0.2) is 0 Å². The van der Waals surface area contributed by atoms with Crippen molar-refractivity contribution in [1.29, 1.82) is 0 Å². The predicted octanol–water partition coefficient (Wildman–Crippen LogP) is 0.771. The van der Waals surface area contributed by atoms with Crippen molar-refractivity contribution in [3.63, 3.8) is 0 Å². The normalized spacial score (nSPS) is 12.8. The fourth-order valence-corrected chi connectivity index (χ4v) is 0.509. The van der Waals surface area contributed by atoms with Gasteiger partial charge >= 0.3 is 14.0 Å². The Morgan fingerprint density at radius 3 is 2.50 bits per heavy atom. The van der Waals surface area contributed by atoms with Crippen molar-refractivity contribution >= 4 is 45.9 Å². The van der Waals surface area contributed by atoms with Crippen LogP contribution in [0.4, 0.5) is 0 Å². The molecule has 0 aromatic carbocycles. The first-order valence-electron chi connectivity index (χ1n) is 1.83. The molecule has 0 amide bonds. The first kappa shape index (κ1) is 8.49. The summed E-state index contributed by atoms with van der Waals surface area (Å²) in [6, 6.07) is 0. The van der Waals surface area contributed by atoms with E-state index >= 15 is 0 Å². The van der Waals surface area contributed by atoms with Crippen molar-refractivity contribution in [2.75, 3.05) is 5.33 Å². The summed E-state index contributed by atoms with van der Waals surface area (Å²) in [5.74, 6) is -0.470. The van der Waals surface area contributed by atoms with Crippen molar-refractivity contribution in [2.45, 2.75) is 4.83 Å².